The number of carbonyl (C=O) groups is 5. The Morgan fingerprint density at radius 2 is 1.25 bits per heavy atom. The van der Waals surface area contributed by atoms with E-state index in [1.807, 2.05) is 0 Å². The van der Waals surface area contributed by atoms with E-state index in [1.54, 1.807) is 0 Å². The molecule has 0 unspecified atom stereocenters. The van der Waals surface area contributed by atoms with E-state index in [1.165, 1.54) is 20.8 Å². The summed E-state index contributed by atoms with van der Waals surface area (Å²) in [5, 5.41) is 19.1. The minimum atomic E-state index is -1.20. The third-order valence-electron chi connectivity index (χ3n) is 5.06. The molecule has 0 saturated heterocycles. The van der Waals surface area contributed by atoms with Gasteiger partial charge in [-0.1, -0.05) is 0 Å². The molecule has 13 N–H and O–H groups in total. The minimum absolute atomic E-state index is 0.107. The van der Waals surface area contributed by atoms with E-state index in [2.05, 4.69) is 26.3 Å². The number of aliphatic imine (C=N–C) groups is 1. The van der Waals surface area contributed by atoms with Gasteiger partial charge in [0, 0.05) is 6.54 Å². The van der Waals surface area contributed by atoms with Gasteiger partial charge in [0.2, 0.25) is 23.6 Å². The Morgan fingerprint density at radius 1 is 0.750 bits per heavy atom. The Hall–Kier alpha value is -3.46. The number of unbranched alkanes of at least 4 members (excludes halogenated alkanes) is 1. The van der Waals surface area contributed by atoms with Crippen molar-refractivity contribution in [2.24, 2.45) is 27.9 Å². The van der Waals surface area contributed by atoms with Crippen LogP contribution < -0.4 is 44.2 Å². The number of nitrogens with one attached hydrogen (secondary N) is 4. The lowest BCUT2D eigenvalue weighted by atomic mass is 10.1. The number of nitrogens with two attached hydrogens (primary N) is 4. The van der Waals surface area contributed by atoms with Crippen LogP contribution in [0, 0.1) is 0 Å². The summed E-state index contributed by atoms with van der Waals surface area (Å²) in [5.41, 5.74) is 21.5. The topological polar surface area (TPSA) is 270 Å². The second kappa shape index (κ2) is 17.0. The molecular weight excluding hydrogens is 474 g/mol. The predicted molar refractivity (Wildman–Crippen MR) is 133 cm³/mol. The highest BCUT2D eigenvalue weighted by Crippen LogP contribution is 2.03. The van der Waals surface area contributed by atoms with Crippen LogP contribution in [0.5, 0.6) is 0 Å². The number of hydrogen-bond donors (Lipinski definition) is 9. The van der Waals surface area contributed by atoms with Gasteiger partial charge in [-0.15, -0.1) is 0 Å². The summed E-state index contributed by atoms with van der Waals surface area (Å²) in [6, 6.07) is -5.11. The van der Waals surface area contributed by atoms with Gasteiger partial charge in [0.05, 0.1) is 6.04 Å². The van der Waals surface area contributed by atoms with Gasteiger partial charge in [0.25, 0.3) is 0 Å². The highest BCUT2D eigenvalue weighted by molar-refractivity contribution is 5.95. The van der Waals surface area contributed by atoms with Crippen LogP contribution in [0.2, 0.25) is 0 Å². The number of guanidine groups is 1. The van der Waals surface area contributed by atoms with Gasteiger partial charge < -0.3 is 49.3 Å². The summed E-state index contributed by atoms with van der Waals surface area (Å²) in [6.45, 7) is 4.87. The molecule has 0 aliphatic carbocycles. The molecule has 0 spiro atoms. The highest BCUT2D eigenvalue weighted by atomic mass is 16.4. The first-order chi connectivity index (χ1) is 16.8. The molecule has 206 valence electrons. The molecule has 0 aromatic heterocycles. The Bertz CT molecular complexity index is 786. The zero-order valence-electron chi connectivity index (χ0n) is 21.1. The van der Waals surface area contributed by atoms with Crippen molar-refractivity contribution in [3.05, 3.63) is 0 Å². The van der Waals surface area contributed by atoms with Crippen molar-refractivity contribution in [3.63, 3.8) is 0 Å². The average Bonchev–Trinajstić information content (AvgIpc) is 2.79. The standard InChI is InChI=1S/C21H41N9O6/c1-11(23)16(31)29-14(8-6-10-26-21(24)25)19(34)28-12(2)17(32)27-13(3)18(33)30-15(20(35)36)7-4-5-9-22/h11-15H,4-10,22-23H2,1-3H3,(H,27,32)(H,28,34)(H,29,31)(H,30,33)(H,35,36)(H4,24,25,26)/t11-,12-,13-,14-,15-/m0/s1. The first kappa shape index (κ1) is 32.5. The number of hydrogen-bond acceptors (Lipinski definition) is 8. The number of aliphatic carboxylic acids is 1. The van der Waals surface area contributed by atoms with Crippen LogP contribution in [0.4, 0.5) is 0 Å². The van der Waals surface area contributed by atoms with E-state index in [9.17, 15) is 29.1 Å². The normalized spacial score (nSPS) is 14.8. The fraction of sp³-hybridized carbons (Fsp3) is 0.714. The molecular formula is C21H41N9O6. The van der Waals surface area contributed by atoms with Gasteiger partial charge >= 0.3 is 5.97 Å². The van der Waals surface area contributed by atoms with E-state index >= 15 is 0 Å². The van der Waals surface area contributed by atoms with Gasteiger partial charge in [0.1, 0.15) is 24.2 Å². The number of carboxylic acid groups (broad SMARTS) is 1. The smallest absolute Gasteiger partial charge is 0.326 e. The van der Waals surface area contributed by atoms with Crippen molar-refractivity contribution < 1.29 is 29.1 Å². The molecule has 0 aromatic carbocycles. The molecule has 0 fully saturated rings. The summed E-state index contributed by atoms with van der Waals surface area (Å²) in [4.78, 5) is 64.8. The number of amides is 4. The second-order valence-electron chi connectivity index (χ2n) is 8.44. The van der Waals surface area contributed by atoms with Crippen molar-refractivity contribution in [3.8, 4) is 0 Å². The van der Waals surface area contributed by atoms with Crippen molar-refractivity contribution in [2.75, 3.05) is 13.1 Å². The Morgan fingerprint density at radius 3 is 1.75 bits per heavy atom. The Kier molecular flexibility index (Phi) is 15.4. The maximum atomic E-state index is 12.7. The fourth-order valence-corrected chi connectivity index (χ4v) is 2.91. The van der Waals surface area contributed by atoms with Crippen LogP contribution in [0.15, 0.2) is 4.99 Å². The van der Waals surface area contributed by atoms with Crippen LogP contribution in [-0.4, -0.2) is 84.0 Å². The number of rotatable bonds is 17. The highest BCUT2D eigenvalue weighted by Gasteiger charge is 2.28. The number of nitrogens with zero attached hydrogens (tertiary/aromatic N) is 1. The van der Waals surface area contributed by atoms with Crippen molar-refractivity contribution >= 4 is 35.6 Å². The molecule has 0 aromatic rings. The maximum Gasteiger partial charge on any atom is 0.326 e. The number of carboxylic acids is 1. The molecule has 0 aliphatic rings. The van der Waals surface area contributed by atoms with E-state index in [-0.39, 0.29) is 25.3 Å². The summed E-state index contributed by atoms with van der Waals surface area (Å²) in [6.07, 6.45) is 1.87. The molecule has 5 atom stereocenters. The molecule has 0 heterocycles. The third kappa shape index (κ3) is 13.4. The van der Waals surface area contributed by atoms with Crippen molar-refractivity contribution in [1.29, 1.82) is 0 Å². The summed E-state index contributed by atoms with van der Waals surface area (Å²) < 4.78 is 0. The molecule has 4 amide bonds. The van der Waals surface area contributed by atoms with Crippen LogP contribution in [0.3, 0.4) is 0 Å². The SMILES string of the molecule is C[C@H](N)C(=O)N[C@@H](CCCN=C(N)N)C(=O)N[C@@H](C)C(=O)N[C@@H](C)C(=O)N[C@@H](CCCCN)C(=O)O. The van der Waals surface area contributed by atoms with Crippen LogP contribution in [0.1, 0.15) is 52.9 Å². The Balaban J connectivity index is 5.00. The lowest BCUT2D eigenvalue weighted by Crippen LogP contribution is -2.57. The van der Waals surface area contributed by atoms with Crippen molar-refractivity contribution in [1.82, 2.24) is 21.3 Å². The zero-order chi connectivity index (χ0) is 27.8. The lowest BCUT2D eigenvalue weighted by Gasteiger charge is -2.23. The fourth-order valence-electron chi connectivity index (χ4n) is 2.91. The van der Waals surface area contributed by atoms with Crippen LogP contribution in [0.25, 0.3) is 0 Å². The van der Waals surface area contributed by atoms with Gasteiger partial charge in [-0.05, 0) is 59.4 Å². The maximum absolute atomic E-state index is 12.7. The number of carbonyl (C=O) groups excluding carboxylic acids is 4. The quantitative estimate of drug-likeness (QED) is 0.0525. The van der Waals surface area contributed by atoms with Crippen LogP contribution in [-0.2, 0) is 24.0 Å². The molecule has 0 saturated carbocycles. The largest absolute Gasteiger partial charge is 0.480 e. The van der Waals surface area contributed by atoms with E-state index in [0.29, 0.717) is 25.8 Å². The van der Waals surface area contributed by atoms with Gasteiger partial charge in [-0.3, -0.25) is 24.2 Å². The van der Waals surface area contributed by atoms with Gasteiger partial charge in [0.15, 0.2) is 5.96 Å². The first-order valence-corrected chi connectivity index (χ1v) is 11.7. The molecule has 15 heteroatoms. The van der Waals surface area contributed by atoms with E-state index in [0.717, 1.165) is 0 Å². The molecule has 0 aliphatic heterocycles. The second-order valence-corrected chi connectivity index (χ2v) is 8.44. The lowest BCUT2D eigenvalue weighted by molar-refractivity contribution is -0.142. The minimum Gasteiger partial charge on any atom is -0.480 e. The molecule has 0 bridgehead atoms. The summed E-state index contributed by atoms with van der Waals surface area (Å²) in [5.74, 6) is -3.87. The van der Waals surface area contributed by atoms with Crippen LogP contribution >= 0.6 is 0 Å². The summed E-state index contributed by atoms with van der Waals surface area (Å²) in [7, 11) is 0. The Labute approximate surface area is 210 Å². The average molecular weight is 516 g/mol. The predicted octanol–water partition coefficient (Wildman–Crippen LogP) is -3.42. The third-order valence-corrected chi connectivity index (χ3v) is 5.06. The van der Waals surface area contributed by atoms with E-state index < -0.39 is 59.8 Å². The van der Waals surface area contributed by atoms with Gasteiger partial charge in [-0.2, -0.15) is 0 Å². The monoisotopic (exact) mass is 515 g/mol. The molecule has 0 radical (unpaired) electrons. The zero-order valence-corrected chi connectivity index (χ0v) is 21.1. The van der Waals surface area contributed by atoms with Crippen molar-refractivity contribution in [2.45, 2.75) is 83.1 Å². The molecule has 15 nitrogen and oxygen atoms in total. The molecule has 36 heavy (non-hydrogen) atoms. The molecule has 0 rings (SSSR count). The first-order valence-electron chi connectivity index (χ1n) is 11.7. The van der Waals surface area contributed by atoms with Gasteiger partial charge in [-0.25, -0.2) is 4.79 Å². The summed E-state index contributed by atoms with van der Waals surface area (Å²) >= 11 is 0. The van der Waals surface area contributed by atoms with E-state index in [4.69, 9.17) is 22.9 Å².